The van der Waals surface area contributed by atoms with E-state index in [1.165, 1.54) is 0 Å². The zero-order valence-corrected chi connectivity index (χ0v) is 18.6. The van der Waals surface area contributed by atoms with E-state index in [9.17, 15) is 45.0 Å². The summed E-state index contributed by atoms with van der Waals surface area (Å²) in [5, 5.41) is 60.8. The molecule has 2 aliphatic heterocycles. The smallest absolute Gasteiger partial charge is 0.343 e. The van der Waals surface area contributed by atoms with Gasteiger partial charge in [0.1, 0.15) is 12.2 Å². The Bertz CT molecular complexity index is 992. The lowest BCUT2D eigenvalue weighted by Crippen LogP contribution is -2.77. The molecule has 1 unspecified atom stereocenters. The SMILES string of the molecule is C/C(=C\C(C)Cc1ccccc1)CC[C@]12O[C@H](C(=O)O)[C@@](O)(C(=O)O)[C@](C(=O)O)(O1)[C@H](O)[C@H]2O. The molecule has 6 N–H and O–H groups in total. The number of aliphatic hydroxyl groups is 3. The molecule has 2 aliphatic rings. The van der Waals surface area contributed by atoms with Crippen LogP contribution in [0.25, 0.3) is 0 Å². The standard InChI is InChI=1S/C23H28O11/c1-12(10-13(2)11-14-6-4-3-5-7-14)8-9-21-15(24)16(25)23(34-21,20(30)31)22(32,19(28)29)17(33-21)18(26)27/h3-7,10,13,15-17,24-25,32H,8-9,11H2,1-2H3,(H,26,27)(H,28,29)(H,30,31)/b12-10+/t13?,15-,16-,17-,21+,22-,23+/m1/s1. The summed E-state index contributed by atoms with van der Waals surface area (Å²) in [4.78, 5) is 35.7. The van der Waals surface area contributed by atoms with E-state index in [-0.39, 0.29) is 18.8 Å². The Hall–Kier alpha value is -2.83. The fraction of sp³-hybridized carbons (Fsp3) is 0.522. The second-order valence-corrected chi connectivity index (χ2v) is 8.93. The zero-order valence-electron chi connectivity index (χ0n) is 18.6. The minimum atomic E-state index is -3.72. The topological polar surface area (TPSA) is 191 Å². The molecule has 0 aromatic heterocycles. The third-order valence-electron chi connectivity index (χ3n) is 6.47. The normalized spacial score (nSPS) is 36.1. The van der Waals surface area contributed by atoms with Gasteiger partial charge in [-0.3, -0.25) is 0 Å². The molecule has 34 heavy (non-hydrogen) atoms. The fourth-order valence-corrected chi connectivity index (χ4v) is 4.81. The van der Waals surface area contributed by atoms with Crippen molar-refractivity contribution in [1.82, 2.24) is 0 Å². The van der Waals surface area contributed by atoms with E-state index in [1.54, 1.807) is 6.92 Å². The second-order valence-electron chi connectivity index (χ2n) is 8.93. The molecule has 0 spiro atoms. The van der Waals surface area contributed by atoms with Crippen molar-refractivity contribution in [2.75, 3.05) is 0 Å². The molecule has 7 atom stereocenters. The number of hydrogen-bond acceptors (Lipinski definition) is 8. The number of hydrogen-bond donors (Lipinski definition) is 6. The van der Waals surface area contributed by atoms with E-state index < -0.39 is 53.2 Å². The fourth-order valence-electron chi connectivity index (χ4n) is 4.81. The number of carbonyl (C=O) groups is 3. The van der Waals surface area contributed by atoms with Crippen LogP contribution in [0.5, 0.6) is 0 Å². The van der Waals surface area contributed by atoms with Crippen molar-refractivity contribution in [3.8, 4) is 0 Å². The largest absolute Gasteiger partial charge is 0.479 e. The van der Waals surface area contributed by atoms with Crippen LogP contribution in [0, 0.1) is 5.92 Å². The molecule has 1 aromatic rings. The van der Waals surface area contributed by atoms with E-state index in [0.29, 0.717) is 0 Å². The lowest BCUT2D eigenvalue weighted by Gasteiger charge is -2.48. The Morgan fingerprint density at radius 1 is 1.06 bits per heavy atom. The van der Waals surface area contributed by atoms with Gasteiger partial charge in [0.15, 0.2) is 5.79 Å². The van der Waals surface area contributed by atoms with Gasteiger partial charge in [-0.05, 0) is 31.2 Å². The van der Waals surface area contributed by atoms with Gasteiger partial charge >= 0.3 is 17.9 Å². The number of carboxylic acids is 3. The van der Waals surface area contributed by atoms with Crippen LogP contribution in [-0.2, 0) is 30.3 Å². The molecule has 11 heteroatoms. The predicted molar refractivity (Wildman–Crippen MR) is 114 cm³/mol. The Morgan fingerprint density at radius 2 is 1.68 bits per heavy atom. The first-order valence-corrected chi connectivity index (χ1v) is 10.7. The first-order valence-electron chi connectivity index (χ1n) is 10.7. The Morgan fingerprint density at radius 3 is 2.21 bits per heavy atom. The van der Waals surface area contributed by atoms with Gasteiger partial charge in [-0.15, -0.1) is 0 Å². The summed E-state index contributed by atoms with van der Waals surface area (Å²) in [6.07, 6.45) is -4.76. The van der Waals surface area contributed by atoms with Crippen molar-refractivity contribution in [2.45, 2.75) is 68.4 Å². The maximum Gasteiger partial charge on any atom is 0.343 e. The molecular formula is C23H28O11. The molecular weight excluding hydrogens is 452 g/mol. The van der Waals surface area contributed by atoms with Gasteiger partial charge in [0.2, 0.25) is 17.3 Å². The maximum absolute atomic E-state index is 12.1. The summed E-state index contributed by atoms with van der Waals surface area (Å²) < 4.78 is 10.6. The quantitative estimate of drug-likeness (QED) is 0.264. The molecule has 186 valence electrons. The van der Waals surface area contributed by atoms with Crippen LogP contribution in [0.15, 0.2) is 42.0 Å². The Kier molecular flexibility index (Phi) is 6.89. The van der Waals surface area contributed by atoms with Crippen LogP contribution in [0.1, 0.15) is 32.3 Å². The van der Waals surface area contributed by atoms with Gasteiger partial charge in [0, 0.05) is 6.42 Å². The molecule has 0 amide bonds. The summed E-state index contributed by atoms with van der Waals surface area (Å²) in [7, 11) is 0. The Balaban J connectivity index is 1.89. The average Bonchev–Trinajstić information content (AvgIpc) is 2.96. The predicted octanol–water partition coefficient (Wildman–Crippen LogP) is 0.163. The van der Waals surface area contributed by atoms with Gasteiger partial charge in [-0.25, -0.2) is 14.4 Å². The second kappa shape index (κ2) is 9.08. The number of aliphatic carboxylic acids is 3. The van der Waals surface area contributed by atoms with Gasteiger partial charge in [0.05, 0.1) is 0 Å². The number of carboxylic acid groups (broad SMARTS) is 3. The van der Waals surface area contributed by atoms with E-state index in [0.717, 1.165) is 17.6 Å². The molecule has 2 fully saturated rings. The van der Waals surface area contributed by atoms with E-state index >= 15 is 0 Å². The minimum absolute atomic E-state index is 0.106. The lowest BCUT2D eigenvalue weighted by molar-refractivity contribution is -0.373. The first kappa shape index (κ1) is 25.8. The first-order chi connectivity index (χ1) is 15.8. The van der Waals surface area contributed by atoms with Crippen LogP contribution >= 0.6 is 0 Å². The van der Waals surface area contributed by atoms with Crippen LogP contribution in [-0.4, -0.2) is 83.8 Å². The van der Waals surface area contributed by atoms with Gasteiger partial charge in [-0.1, -0.05) is 48.9 Å². The molecule has 2 heterocycles. The van der Waals surface area contributed by atoms with Crippen molar-refractivity contribution >= 4 is 17.9 Å². The molecule has 3 rings (SSSR count). The van der Waals surface area contributed by atoms with Crippen molar-refractivity contribution in [3.05, 3.63) is 47.5 Å². The number of benzene rings is 1. The van der Waals surface area contributed by atoms with Crippen molar-refractivity contribution < 1.29 is 54.5 Å². The van der Waals surface area contributed by atoms with Crippen LogP contribution in [0.3, 0.4) is 0 Å². The molecule has 2 bridgehead atoms. The van der Waals surface area contributed by atoms with Crippen molar-refractivity contribution in [1.29, 1.82) is 0 Å². The van der Waals surface area contributed by atoms with E-state index in [2.05, 4.69) is 0 Å². The highest BCUT2D eigenvalue weighted by atomic mass is 16.8. The summed E-state index contributed by atoms with van der Waals surface area (Å²) >= 11 is 0. The van der Waals surface area contributed by atoms with Crippen LogP contribution < -0.4 is 0 Å². The van der Waals surface area contributed by atoms with E-state index in [4.69, 9.17) is 9.47 Å². The summed E-state index contributed by atoms with van der Waals surface area (Å²) in [5.41, 5.74) is -5.20. The highest BCUT2D eigenvalue weighted by Gasteiger charge is 2.84. The van der Waals surface area contributed by atoms with Gasteiger partial charge in [0.25, 0.3) is 0 Å². The molecule has 1 aromatic carbocycles. The number of allylic oxidation sites excluding steroid dienone is 2. The molecule has 11 nitrogen and oxygen atoms in total. The Labute approximate surface area is 194 Å². The van der Waals surface area contributed by atoms with Crippen molar-refractivity contribution in [3.63, 3.8) is 0 Å². The zero-order chi connectivity index (χ0) is 25.5. The minimum Gasteiger partial charge on any atom is -0.479 e. The maximum atomic E-state index is 12.1. The van der Waals surface area contributed by atoms with E-state index in [1.807, 2.05) is 43.3 Å². The summed E-state index contributed by atoms with van der Waals surface area (Å²) in [6, 6.07) is 9.73. The third-order valence-corrected chi connectivity index (χ3v) is 6.47. The van der Waals surface area contributed by atoms with Crippen molar-refractivity contribution in [2.24, 2.45) is 5.92 Å². The number of rotatable bonds is 9. The highest BCUT2D eigenvalue weighted by molar-refractivity contribution is 5.97. The molecule has 2 saturated heterocycles. The molecule has 0 aliphatic carbocycles. The average molecular weight is 480 g/mol. The summed E-state index contributed by atoms with van der Waals surface area (Å²) in [6.45, 7) is 3.75. The number of aliphatic hydroxyl groups excluding tert-OH is 2. The van der Waals surface area contributed by atoms with Gasteiger partial charge in [-0.2, -0.15) is 0 Å². The van der Waals surface area contributed by atoms with Crippen LogP contribution in [0.4, 0.5) is 0 Å². The van der Waals surface area contributed by atoms with Gasteiger partial charge < -0.3 is 40.1 Å². The highest BCUT2D eigenvalue weighted by Crippen LogP contribution is 2.54. The molecule has 0 saturated carbocycles. The third kappa shape index (κ3) is 3.89. The van der Waals surface area contributed by atoms with Crippen LogP contribution in [0.2, 0.25) is 0 Å². The monoisotopic (exact) mass is 480 g/mol. The lowest BCUT2D eigenvalue weighted by atomic mass is 9.74. The molecule has 0 radical (unpaired) electrons. The summed E-state index contributed by atoms with van der Waals surface area (Å²) in [5.74, 6) is -8.71. The number of fused-ring (bicyclic) bond motifs is 2. The number of ether oxygens (including phenoxy) is 2.